The molecule has 5 nitrogen and oxygen atoms in total. The van der Waals surface area contributed by atoms with Gasteiger partial charge in [0.1, 0.15) is 0 Å². The second-order valence-electron chi connectivity index (χ2n) is 6.07. The fourth-order valence-electron chi connectivity index (χ4n) is 2.74. The van der Waals surface area contributed by atoms with E-state index in [0.717, 1.165) is 12.1 Å². The van der Waals surface area contributed by atoms with Crippen molar-refractivity contribution in [3.63, 3.8) is 0 Å². The van der Waals surface area contributed by atoms with Gasteiger partial charge >= 0.3 is 0 Å². The van der Waals surface area contributed by atoms with E-state index in [2.05, 4.69) is 17.2 Å². The minimum absolute atomic E-state index is 0.0201. The van der Waals surface area contributed by atoms with Gasteiger partial charge in [-0.1, -0.05) is 18.2 Å². The van der Waals surface area contributed by atoms with E-state index >= 15 is 0 Å². The SMILES string of the molecule is C=CCNc1ccccc1C(=O)N(CC1CCC(=O)N1)C(C)C. The summed E-state index contributed by atoms with van der Waals surface area (Å²) in [5.74, 6) is 0.0486. The lowest BCUT2D eigenvalue weighted by atomic mass is 10.1. The summed E-state index contributed by atoms with van der Waals surface area (Å²) in [6.07, 6.45) is 3.09. The summed E-state index contributed by atoms with van der Waals surface area (Å²) in [4.78, 5) is 26.2. The first-order chi connectivity index (χ1) is 11.0. The number of anilines is 1. The highest BCUT2D eigenvalue weighted by molar-refractivity contribution is 5.99. The first-order valence-electron chi connectivity index (χ1n) is 8.07. The zero-order valence-electron chi connectivity index (χ0n) is 13.8. The monoisotopic (exact) mass is 315 g/mol. The number of carbonyl (C=O) groups is 2. The maximum atomic E-state index is 13.0. The van der Waals surface area contributed by atoms with Gasteiger partial charge in [0.2, 0.25) is 5.91 Å². The van der Waals surface area contributed by atoms with Crippen molar-refractivity contribution in [2.75, 3.05) is 18.4 Å². The Morgan fingerprint density at radius 1 is 1.48 bits per heavy atom. The third-order valence-electron chi connectivity index (χ3n) is 3.98. The average molecular weight is 315 g/mol. The van der Waals surface area contributed by atoms with Gasteiger partial charge in [0.25, 0.3) is 5.91 Å². The highest BCUT2D eigenvalue weighted by Gasteiger charge is 2.28. The maximum absolute atomic E-state index is 13.0. The molecule has 5 heteroatoms. The van der Waals surface area contributed by atoms with Crippen molar-refractivity contribution >= 4 is 17.5 Å². The summed E-state index contributed by atoms with van der Waals surface area (Å²) in [6.45, 7) is 8.82. The van der Waals surface area contributed by atoms with Crippen molar-refractivity contribution in [1.29, 1.82) is 0 Å². The molecule has 1 atom stereocenters. The van der Waals surface area contributed by atoms with Crippen molar-refractivity contribution < 1.29 is 9.59 Å². The fraction of sp³-hybridized carbons (Fsp3) is 0.444. The Labute approximate surface area is 137 Å². The molecule has 1 aromatic carbocycles. The van der Waals surface area contributed by atoms with Crippen LogP contribution in [0.3, 0.4) is 0 Å². The van der Waals surface area contributed by atoms with Gasteiger partial charge in [-0.25, -0.2) is 0 Å². The molecule has 1 aliphatic heterocycles. The molecule has 1 aliphatic rings. The molecule has 1 heterocycles. The standard InChI is InChI=1S/C18H25N3O2/c1-4-11-19-16-8-6-5-7-15(16)18(23)21(13(2)3)12-14-9-10-17(22)20-14/h4-8,13-14,19H,1,9-12H2,2-3H3,(H,20,22). The highest BCUT2D eigenvalue weighted by atomic mass is 16.2. The molecule has 0 bridgehead atoms. The lowest BCUT2D eigenvalue weighted by Gasteiger charge is -2.30. The number of carbonyl (C=O) groups excluding carboxylic acids is 2. The van der Waals surface area contributed by atoms with Crippen molar-refractivity contribution in [3.05, 3.63) is 42.5 Å². The normalized spacial score (nSPS) is 17.0. The van der Waals surface area contributed by atoms with Gasteiger partial charge in [0, 0.05) is 37.3 Å². The number of para-hydroxylation sites is 1. The molecule has 0 aliphatic carbocycles. The molecular formula is C18H25N3O2. The predicted molar refractivity (Wildman–Crippen MR) is 92.5 cm³/mol. The number of amides is 2. The van der Waals surface area contributed by atoms with Crippen LogP contribution in [-0.4, -0.2) is 41.9 Å². The van der Waals surface area contributed by atoms with Crippen LogP contribution >= 0.6 is 0 Å². The lowest BCUT2D eigenvalue weighted by molar-refractivity contribution is -0.119. The minimum Gasteiger partial charge on any atom is -0.381 e. The Bertz CT molecular complexity index is 583. The highest BCUT2D eigenvalue weighted by Crippen LogP contribution is 2.20. The Morgan fingerprint density at radius 3 is 2.83 bits per heavy atom. The molecule has 2 amide bonds. The molecule has 0 spiro atoms. The summed E-state index contributed by atoms with van der Waals surface area (Å²) in [7, 11) is 0. The molecule has 2 N–H and O–H groups in total. The van der Waals surface area contributed by atoms with E-state index < -0.39 is 0 Å². The van der Waals surface area contributed by atoms with E-state index in [0.29, 0.717) is 25.1 Å². The predicted octanol–water partition coefficient (Wildman–Crippen LogP) is 2.41. The van der Waals surface area contributed by atoms with Gasteiger partial charge in [-0.2, -0.15) is 0 Å². The molecule has 1 unspecified atom stereocenters. The lowest BCUT2D eigenvalue weighted by Crippen LogP contribution is -2.45. The number of benzene rings is 1. The van der Waals surface area contributed by atoms with E-state index in [1.807, 2.05) is 43.0 Å². The summed E-state index contributed by atoms with van der Waals surface area (Å²) < 4.78 is 0. The first-order valence-corrected chi connectivity index (χ1v) is 8.07. The van der Waals surface area contributed by atoms with Crippen molar-refractivity contribution in [1.82, 2.24) is 10.2 Å². The topological polar surface area (TPSA) is 61.4 Å². The van der Waals surface area contributed by atoms with Crippen LogP contribution in [0.2, 0.25) is 0 Å². The molecule has 1 aromatic rings. The van der Waals surface area contributed by atoms with E-state index in [-0.39, 0.29) is 23.9 Å². The average Bonchev–Trinajstić information content (AvgIpc) is 2.95. The Kier molecular flexibility index (Phi) is 5.79. The number of nitrogens with zero attached hydrogens (tertiary/aromatic N) is 1. The molecule has 1 saturated heterocycles. The molecule has 0 radical (unpaired) electrons. The van der Waals surface area contributed by atoms with Gasteiger partial charge in [-0.05, 0) is 32.4 Å². The van der Waals surface area contributed by atoms with Gasteiger partial charge in [0.15, 0.2) is 0 Å². The third kappa shape index (κ3) is 4.34. The van der Waals surface area contributed by atoms with Gasteiger partial charge < -0.3 is 15.5 Å². The molecule has 23 heavy (non-hydrogen) atoms. The van der Waals surface area contributed by atoms with Crippen LogP contribution in [0.4, 0.5) is 5.69 Å². The first kappa shape index (κ1) is 17.1. The summed E-state index contributed by atoms with van der Waals surface area (Å²) in [6, 6.07) is 7.60. The molecule has 124 valence electrons. The van der Waals surface area contributed by atoms with Gasteiger partial charge in [-0.15, -0.1) is 6.58 Å². The van der Waals surface area contributed by atoms with Crippen LogP contribution in [-0.2, 0) is 4.79 Å². The Balaban J connectivity index is 2.17. The molecule has 0 saturated carbocycles. The quantitative estimate of drug-likeness (QED) is 0.760. The van der Waals surface area contributed by atoms with E-state index in [9.17, 15) is 9.59 Å². The zero-order chi connectivity index (χ0) is 16.8. The van der Waals surface area contributed by atoms with Crippen LogP contribution in [0.1, 0.15) is 37.0 Å². The Hall–Kier alpha value is -2.30. The molecule has 0 aromatic heterocycles. The number of hydrogen-bond donors (Lipinski definition) is 2. The zero-order valence-corrected chi connectivity index (χ0v) is 13.8. The van der Waals surface area contributed by atoms with Crippen LogP contribution in [0.5, 0.6) is 0 Å². The van der Waals surface area contributed by atoms with Crippen LogP contribution in [0, 0.1) is 0 Å². The van der Waals surface area contributed by atoms with Crippen molar-refractivity contribution in [3.8, 4) is 0 Å². The van der Waals surface area contributed by atoms with Crippen LogP contribution in [0.15, 0.2) is 36.9 Å². The third-order valence-corrected chi connectivity index (χ3v) is 3.98. The molecular weight excluding hydrogens is 290 g/mol. The Morgan fingerprint density at radius 2 is 2.22 bits per heavy atom. The van der Waals surface area contributed by atoms with Crippen molar-refractivity contribution in [2.24, 2.45) is 0 Å². The van der Waals surface area contributed by atoms with Crippen molar-refractivity contribution in [2.45, 2.75) is 38.8 Å². The summed E-state index contributed by atoms with van der Waals surface area (Å²) >= 11 is 0. The number of rotatable bonds is 7. The maximum Gasteiger partial charge on any atom is 0.256 e. The molecule has 2 rings (SSSR count). The summed E-state index contributed by atoms with van der Waals surface area (Å²) in [5.41, 5.74) is 1.45. The largest absolute Gasteiger partial charge is 0.381 e. The van der Waals surface area contributed by atoms with E-state index in [1.165, 1.54) is 0 Å². The van der Waals surface area contributed by atoms with Gasteiger partial charge in [-0.3, -0.25) is 9.59 Å². The molecule has 1 fully saturated rings. The number of hydrogen-bond acceptors (Lipinski definition) is 3. The van der Waals surface area contributed by atoms with Crippen LogP contribution in [0.25, 0.3) is 0 Å². The number of nitrogens with one attached hydrogen (secondary N) is 2. The fourth-order valence-corrected chi connectivity index (χ4v) is 2.74. The van der Waals surface area contributed by atoms with Gasteiger partial charge in [0.05, 0.1) is 5.56 Å². The smallest absolute Gasteiger partial charge is 0.256 e. The summed E-state index contributed by atoms with van der Waals surface area (Å²) in [5, 5.41) is 6.14. The van der Waals surface area contributed by atoms with Crippen LogP contribution < -0.4 is 10.6 Å². The second-order valence-corrected chi connectivity index (χ2v) is 6.07. The van der Waals surface area contributed by atoms with E-state index in [1.54, 1.807) is 6.08 Å². The second kappa shape index (κ2) is 7.81. The van der Waals surface area contributed by atoms with E-state index in [4.69, 9.17) is 0 Å². The minimum atomic E-state index is -0.0201.